The summed E-state index contributed by atoms with van der Waals surface area (Å²) in [6.07, 6.45) is 0. The van der Waals surface area contributed by atoms with Gasteiger partial charge in [-0.25, -0.2) is 9.98 Å². The van der Waals surface area contributed by atoms with E-state index in [2.05, 4.69) is 20.6 Å². The molecule has 0 fully saturated rings. The number of hydrogen-bond donors (Lipinski definition) is 2. The standard InChI is InChI=1S/C21H30N6O2/c1-26(2)19-8-6-7-17(25-19)14-23-21(24-15-20(28)27(3)4)22-13-16-9-11-18(29-5)12-10-16/h6-12H,13-15H2,1-5H3,(H2,22,23,24). The van der Waals surface area contributed by atoms with Gasteiger partial charge < -0.3 is 25.2 Å². The number of aliphatic imine (C=N–C) groups is 1. The molecule has 8 nitrogen and oxygen atoms in total. The minimum absolute atomic E-state index is 0.0309. The Labute approximate surface area is 172 Å². The van der Waals surface area contributed by atoms with Gasteiger partial charge in [-0.2, -0.15) is 0 Å². The van der Waals surface area contributed by atoms with Gasteiger partial charge in [-0.05, 0) is 29.8 Å². The second-order valence-electron chi connectivity index (χ2n) is 6.89. The average molecular weight is 399 g/mol. The first-order chi connectivity index (χ1) is 13.9. The molecule has 0 saturated heterocycles. The predicted molar refractivity (Wildman–Crippen MR) is 116 cm³/mol. The molecule has 1 aromatic carbocycles. The molecule has 0 aliphatic carbocycles. The lowest BCUT2D eigenvalue weighted by atomic mass is 10.2. The van der Waals surface area contributed by atoms with E-state index < -0.39 is 0 Å². The molecule has 0 aliphatic heterocycles. The molecule has 0 atom stereocenters. The number of likely N-dealkylation sites (N-methyl/N-ethyl adjacent to an activating group) is 1. The molecule has 29 heavy (non-hydrogen) atoms. The summed E-state index contributed by atoms with van der Waals surface area (Å²) >= 11 is 0. The number of guanidine groups is 1. The van der Waals surface area contributed by atoms with Crippen molar-refractivity contribution in [2.75, 3.05) is 46.7 Å². The van der Waals surface area contributed by atoms with Crippen LogP contribution in [0.1, 0.15) is 11.3 Å². The number of ether oxygens (including phenoxy) is 1. The van der Waals surface area contributed by atoms with Crippen LogP contribution in [0, 0.1) is 0 Å². The van der Waals surface area contributed by atoms with Crippen LogP contribution in [0.5, 0.6) is 5.75 Å². The van der Waals surface area contributed by atoms with Gasteiger partial charge in [-0.15, -0.1) is 0 Å². The van der Waals surface area contributed by atoms with Crippen molar-refractivity contribution in [3.8, 4) is 5.75 Å². The zero-order valence-corrected chi connectivity index (χ0v) is 17.8. The van der Waals surface area contributed by atoms with E-state index in [1.165, 1.54) is 4.90 Å². The van der Waals surface area contributed by atoms with Crippen molar-refractivity contribution in [1.82, 2.24) is 20.5 Å². The number of pyridine rings is 1. The molecule has 1 heterocycles. The molecule has 0 spiro atoms. The predicted octanol–water partition coefficient (Wildman–Crippen LogP) is 1.48. The van der Waals surface area contributed by atoms with E-state index in [4.69, 9.17) is 4.74 Å². The largest absolute Gasteiger partial charge is 0.497 e. The number of nitrogens with zero attached hydrogens (tertiary/aromatic N) is 4. The van der Waals surface area contributed by atoms with E-state index in [1.807, 2.05) is 61.5 Å². The summed E-state index contributed by atoms with van der Waals surface area (Å²) in [4.78, 5) is 24.6. The number of benzene rings is 1. The molecule has 156 valence electrons. The van der Waals surface area contributed by atoms with Gasteiger partial charge in [0.15, 0.2) is 5.96 Å². The molecular formula is C21H30N6O2. The summed E-state index contributed by atoms with van der Waals surface area (Å²) in [5.41, 5.74) is 1.92. The van der Waals surface area contributed by atoms with E-state index in [-0.39, 0.29) is 12.5 Å². The summed E-state index contributed by atoms with van der Waals surface area (Å²) in [7, 11) is 9.00. The van der Waals surface area contributed by atoms with Crippen LogP contribution in [-0.2, 0) is 17.9 Å². The van der Waals surface area contributed by atoms with Crippen LogP contribution in [0.2, 0.25) is 0 Å². The molecule has 0 radical (unpaired) electrons. The summed E-state index contributed by atoms with van der Waals surface area (Å²) in [6, 6.07) is 13.6. The van der Waals surface area contributed by atoms with Crippen LogP contribution in [0.4, 0.5) is 5.82 Å². The van der Waals surface area contributed by atoms with Crippen molar-refractivity contribution >= 4 is 17.7 Å². The first kappa shape index (κ1) is 22.0. The molecule has 8 heteroatoms. The Hall–Kier alpha value is -3.29. The van der Waals surface area contributed by atoms with Crippen LogP contribution < -0.4 is 20.3 Å². The van der Waals surface area contributed by atoms with Crippen molar-refractivity contribution in [2.24, 2.45) is 4.99 Å². The highest BCUT2D eigenvalue weighted by molar-refractivity contribution is 5.86. The minimum Gasteiger partial charge on any atom is -0.497 e. The fraction of sp³-hybridized carbons (Fsp3) is 0.381. The van der Waals surface area contributed by atoms with Crippen LogP contribution in [0.3, 0.4) is 0 Å². The first-order valence-corrected chi connectivity index (χ1v) is 9.37. The molecule has 2 aromatic rings. The van der Waals surface area contributed by atoms with Crippen LogP contribution in [-0.4, -0.2) is 63.6 Å². The molecule has 2 N–H and O–H groups in total. The molecular weight excluding hydrogens is 368 g/mol. The average Bonchev–Trinajstić information content (AvgIpc) is 2.73. The summed E-state index contributed by atoms with van der Waals surface area (Å²) < 4.78 is 5.18. The fourth-order valence-corrected chi connectivity index (χ4v) is 2.38. The van der Waals surface area contributed by atoms with Crippen molar-refractivity contribution in [3.05, 3.63) is 53.7 Å². The second kappa shape index (κ2) is 10.9. The molecule has 0 bridgehead atoms. The van der Waals surface area contributed by atoms with E-state index in [9.17, 15) is 4.79 Å². The summed E-state index contributed by atoms with van der Waals surface area (Å²) in [5, 5.41) is 6.34. The Morgan fingerprint density at radius 2 is 1.79 bits per heavy atom. The van der Waals surface area contributed by atoms with E-state index >= 15 is 0 Å². The second-order valence-corrected chi connectivity index (χ2v) is 6.89. The molecule has 2 rings (SSSR count). The Morgan fingerprint density at radius 3 is 2.41 bits per heavy atom. The number of carbonyl (C=O) groups is 1. The maximum atomic E-state index is 11.9. The van der Waals surface area contributed by atoms with Gasteiger partial charge in [0.25, 0.3) is 0 Å². The van der Waals surface area contributed by atoms with Gasteiger partial charge in [-0.1, -0.05) is 18.2 Å². The molecule has 0 unspecified atom stereocenters. The van der Waals surface area contributed by atoms with Crippen molar-refractivity contribution in [2.45, 2.75) is 13.1 Å². The minimum atomic E-state index is -0.0309. The number of rotatable bonds is 8. The van der Waals surface area contributed by atoms with Crippen molar-refractivity contribution in [3.63, 3.8) is 0 Å². The Kier molecular flexibility index (Phi) is 8.27. The van der Waals surface area contributed by atoms with Gasteiger partial charge in [0, 0.05) is 28.2 Å². The third kappa shape index (κ3) is 7.33. The number of carbonyl (C=O) groups excluding carboxylic acids is 1. The van der Waals surface area contributed by atoms with Gasteiger partial charge in [-0.3, -0.25) is 4.79 Å². The molecule has 0 saturated carbocycles. The van der Waals surface area contributed by atoms with E-state index in [0.29, 0.717) is 19.0 Å². The van der Waals surface area contributed by atoms with Gasteiger partial charge in [0.1, 0.15) is 11.6 Å². The van der Waals surface area contributed by atoms with Crippen LogP contribution in [0.15, 0.2) is 47.5 Å². The van der Waals surface area contributed by atoms with E-state index in [0.717, 1.165) is 22.8 Å². The normalized spacial score (nSPS) is 11.0. The molecule has 1 aromatic heterocycles. The Morgan fingerprint density at radius 1 is 1.07 bits per heavy atom. The van der Waals surface area contributed by atoms with Crippen LogP contribution >= 0.6 is 0 Å². The number of aromatic nitrogens is 1. The summed E-state index contributed by atoms with van der Waals surface area (Å²) in [5.74, 6) is 2.21. The SMILES string of the molecule is COc1ccc(CN=C(NCC(=O)N(C)C)NCc2cccc(N(C)C)n2)cc1. The van der Waals surface area contributed by atoms with Crippen molar-refractivity contribution in [1.29, 1.82) is 0 Å². The third-order valence-electron chi connectivity index (χ3n) is 4.17. The Bertz CT molecular complexity index is 818. The fourth-order valence-electron chi connectivity index (χ4n) is 2.38. The number of anilines is 1. The van der Waals surface area contributed by atoms with Crippen LogP contribution in [0.25, 0.3) is 0 Å². The quantitative estimate of drug-likeness (QED) is 0.518. The van der Waals surface area contributed by atoms with Crippen molar-refractivity contribution < 1.29 is 9.53 Å². The van der Waals surface area contributed by atoms with Gasteiger partial charge in [0.2, 0.25) is 5.91 Å². The van der Waals surface area contributed by atoms with Gasteiger partial charge in [0.05, 0.1) is 32.4 Å². The maximum absolute atomic E-state index is 11.9. The van der Waals surface area contributed by atoms with Gasteiger partial charge >= 0.3 is 0 Å². The first-order valence-electron chi connectivity index (χ1n) is 9.37. The molecule has 0 aliphatic rings. The highest BCUT2D eigenvalue weighted by Crippen LogP contribution is 2.12. The van der Waals surface area contributed by atoms with E-state index in [1.54, 1.807) is 21.2 Å². The lowest BCUT2D eigenvalue weighted by Gasteiger charge is -2.16. The smallest absolute Gasteiger partial charge is 0.241 e. The number of nitrogens with one attached hydrogen (secondary N) is 2. The third-order valence-corrected chi connectivity index (χ3v) is 4.17. The topological polar surface area (TPSA) is 82.1 Å². The number of hydrogen-bond acceptors (Lipinski definition) is 5. The highest BCUT2D eigenvalue weighted by Gasteiger charge is 2.07. The number of methoxy groups -OCH3 is 1. The lowest BCUT2D eigenvalue weighted by molar-refractivity contribution is -0.127. The zero-order chi connectivity index (χ0) is 21.2. The monoisotopic (exact) mass is 398 g/mol. The Balaban J connectivity index is 2.06. The maximum Gasteiger partial charge on any atom is 0.241 e. The number of amides is 1. The zero-order valence-electron chi connectivity index (χ0n) is 17.8. The highest BCUT2D eigenvalue weighted by atomic mass is 16.5. The lowest BCUT2D eigenvalue weighted by Crippen LogP contribution is -2.42. The molecule has 1 amide bonds. The summed E-state index contributed by atoms with van der Waals surface area (Å²) in [6.45, 7) is 1.12.